The first-order valence-corrected chi connectivity index (χ1v) is 6.83. The summed E-state index contributed by atoms with van der Waals surface area (Å²) in [5.74, 6) is -0.733. The van der Waals surface area contributed by atoms with Crippen molar-refractivity contribution in [2.45, 2.75) is 26.8 Å². The van der Waals surface area contributed by atoms with Crippen LogP contribution in [0.2, 0.25) is 0 Å². The molecular formula is C15H19N3O3. The van der Waals surface area contributed by atoms with E-state index in [1.165, 1.54) is 0 Å². The van der Waals surface area contributed by atoms with Gasteiger partial charge in [-0.2, -0.15) is 0 Å². The number of nitrogens with one attached hydrogen (secondary N) is 2. The monoisotopic (exact) mass is 289 g/mol. The highest BCUT2D eigenvalue weighted by Crippen LogP contribution is 2.18. The molecule has 2 N–H and O–H groups in total. The molecule has 1 aliphatic heterocycles. The van der Waals surface area contributed by atoms with E-state index in [2.05, 4.69) is 10.6 Å². The highest BCUT2D eigenvalue weighted by atomic mass is 16.2. The zero-order chi connectivity index (χ0) is 15.6. The third-order valence-electron chi connectivity index (χ3n) is 3.52. The van der Waals surface area contributed by atoms with Crippen LogP contribution in [-0.2, 0) is 9.59 Å². The van der Waals surface area contributed by atoms with Crippen molar-refractivity contribution in [3.05, 3.63) is 34.9 Å². The van der Waals surface area contributed by atoms with Crippen molar-refractivity contribution < 1.29 is 14.4 Å². The summed E-state index contributed by atoms with van der Waals surface area (Å²) < 4.78 is 0. The lowest BCUT2D eigenvalue weighted by Crippen LogP contribution is -2.41. The largest absolute Gasteiger partial charge is 0.348 e. The molecule has 6 heteroatoms. The summed E-state index contributed by atoms with van der Waals surface area (Å²) in [7, 11) is 0. The van der Waals surface area contributed by atoms with E-state index in [-0.39, 0.29) is 30.9 Å². The molecule has 2 rings (SSSR count). The summed E-state index contributed by atoms with van der Waals surface area (Å²) in [5, 5.41) is 5.20. The fraction of sp³-hybridized carbons (Fsp3) is 0.400. The first-order chi connectivity index (χ1) is 9.88. The molecule has 0 aliphatic carbocycles. The molecule has 4 amide bonds. The summed E-state index contributed by atoms with van der Waals surface area (Å²) in [6.07, 6.45) is 0. The minimum absolute atomic E-state index is 0.0430. The number of hydrogen-bond donors (Lipinski definition) is 2. The van der Waals surface area contributed by atoms with Crippen LogP contribution in [0, 0.1) is 13.8 Å². The van der Waals surface area contributed by atoms with Crippen LogP contribution < -0.4 is 10.6 Å². The maximum absolute atomic E-state index is 12.0. The highest BCUT2D eigenvalue weighted by Gasteiger charge is 2.30. The summed E-state index contributed by atoms with van der Waals surface area (Å²) in [4.78, 5) is 35.7. The SMILES string of the molecule is Cc1ccc(C)c([C@H](C)NC(=O)CN2C(=O)CNC2=O)c1. The van der Waals surface area contributed by atoms with Gasteiger partial charge >= 0.3 is 6.03 Å². The van der Waals surface area contributed by atoms with Crippen molar-refractivity contribution in [3.8, 4) is 0 Å². The lowest BCUT2D eigenvalue weighted by molar-refractivity contribution is -0.130. The lowest BCUT2D eigenvalue weighted by atomic mass is 10.00. The van der Waals surface area contributed by atoms with Crippen LogP contribution >= 0.6 is 0 Å². The molecule has 1 heterocycles. The van der Waals surface area contributed by atoms with Gasteiger partial charge in [0.1, 0.15) is 6.54 Å². The van der Waals surface area contributed by atoms with E-state index >= 15 is 0 Å². The van der Waals surface area contributed by atoms with Crippen molar-refractivity contribution in [2.75, 3.05) is 13.1 Å². The third-order valence-corrected chi connectivity index (χ3v) is 3.52. The number of hydrogen-bond acceptors (Lipinski definition) is 3. The Kier molecular flexibility index (Phi) is 4.26. The normalized spacial score (nSPS) is 15.9. The summed E-state index contributed by atoms with van der Waals surface area (Å²) >= 11 is 0. The minimum Gasteiger partial charge on any atom is -0.348 e. The van der Waals surface area contributed by atoms with E-state index in [9.17, 15) is 14.4 Å². The number of imide groups is 1. The average Bonchev–Trinajstić information content (AvgIpc) is 2.73. The van der Waals surface area contributed by atoms with Crippen LogP contribution in [0.5, 0.6) is 0 Å². The van der Waals surface area contributed by atoms with Crippen molar-refractivity contribution >= 4 is 17.8 Å². The van der Waals surface area contributed by atoms with Crippen molar-refractivity contribution in [3.63, 3.8) is 0 Å². The predicted octanol–water partition coefficient (Wildman–Crippen LogP) is 1.03. The van der Waals surface area contributed by atoms with E-state index < -0.39 is 6.03 Å². The summed E-state index contributed by atoms with van der Waals surface area (Å²) in [6, 6.07) is 5.34. The van der Waals surface area contributed by atoms with Crippen molar-refractivity contribution in [1.82, 2.24) is 15.5 Å². The molecule has 112 valence electrons. The Labute approximate surface area is 123 Å². The molecule has 0 radical (unpaired) electrons. The molecule has 1 fully saturated rings. The van der Waals surface area contributed by atoms with Gasteiger partial charge in [0.05, 0.1) is 12.6 Å². The Morgan fingerprint density at radius 1 is 1.38 bits per heavy atom. The first kappa shape index (κ1) is 15.0. The smallest absolute Gasteiger partial charge is 0.325 e. The molecule has 1 atom stereocenters. The molecule has 21 heavy (non-hydrogen) atoms. The van der Waals surface area contributed by atoms with Gasteiger partial charge in [-0.3, -0.25) is 14.5 Å². The maximum Gasteiger partial charge on any atom is 0.325 e. The fourth-order valence-corrected chi connectivity index (χ4v) is 2.35. The van der Waals surface area contributed by atoms with Gasteiger partial charge in [0, 0.05) is 0 Å². The van der Waals surface area contributed by atoms with E-state index in [0.29, 0.717) is 0 Å². The molecule has 0 spiro atoms. The van der Waals surface area contributed by atoms with Crippen molar-refractivity contribution in [1.29, 1.82) is 0 Å². The lowest BCUT2D eigenvalue weighted by Gasteiger charge is -2.19. The molecule has 0 saturated carbocycles. The second-order valence-electron chi connectivity index (χ2n) is 5.29. The number of carbonyl (C=O) groups excluding carboxylic acids is 3. The number of aryl methyl sites for hydroxylation is 2. The molecular weight excluding hydrogens is 270 g/mol. The van der Waals surface area contributed by atoms with Crippen LogP contribution in [0.3, 0.4) is 0 Å². The quantitative estimate of drug-likeness (QED) is 0.813. The number of rotatable bonds is 4. The van der Waals surface area contributed by atoms with Gasteiger partial charge in [0.25, 0.3) is 5.91 Å². The minimum atomic E-state index is -0.519. The number of amides is 4. The van der Waals surface area contributed by atoms with Crippen LogP contribution in [0.4, 0.5) is 4.79 Å². The standard InChI is InChI=1S/C15H19N3O3/c1-9-4-5-10(2)12(6-9)11(3)17-13(19)8-18-14(20)7-16-15(18)21/h4-6,11H,7-8H2,1-3H3,(H,16,21)(H,17,19)/t11-/m0/s1. The van der Waals surface area contributed by atoms with E-state index in [1.807, 2.05) is 39.0 Å². The molecule has 1 saturated heterocycles. The third kappa shape index (κ3) is 3.39. The zero-order valence-electron chi connectivity index (χ0n) is 12.4. The Balaban J connectivity index is 2.00. The van der Waals surface area contributed by atoms with Gasteiger partial charge in [0.2, 0.25) is 5.91 Å². The molecule has 1 aromatic carbocycles. The van der Waals surface area contributed by atoms with Gasteiger partial charge in [-0.05, 0) is 31.9 Å². The maximum atomic E-state index is 12.0. The molecule has 0 aromatic heterocycles. The van der Waals surface area contributed by atoms with Crippen LogP contribution in [-0.4, -0.2) is 35.8 Å². The number of nitrogens with zero attached hydrogens (tertiary/aromatic N) is 1. The van der Waals surface area contributed by atoms with Gasteiger partial charge in [-0.15, -0.1) is 0 Å². The first-order valence-electron chi connectivity index (χ1n) is 6.83. The predicted molar refractivity (Wildman–Crippen MR) is 77.6 cm³/mol. The van der Waals surface area contributed by atoms with Gasteiger partial charge < -0.3 is 10.6 Å². The summed E-state index contributed by atoms with van der Waals surface area (Å²) in [5.41, 5.74) is 3.23. The second kappa shape index (κ2) is 5.95. The molecule has 6 nitrogen and oxygen atoms in total. The van der Waals surface area contributed by atoms with E-state index in [4.69, 9.17) is 0 Å². The van der Waals surface area contributed by atoms with Crippen molar-refractivity contribution in [2.24, 2.45) is 0 Å². The topological polar surface area (TPSA) is 78.5 Å². The second-order valence-corrected chi connectivity index (χ2v) is 5.29. The van der Waals surface area contributed by atoms with Gasteiger partial charge in [-0.25, -0.2) is 4.79 Å². The van der Waals surface area contributed by atoms with Crippen LogP contribution in [0.15, 0.2) is 18.2 Å². The number of benzene rings is 1. The van der Waals surface area contributed by atoms with Crippen LogP contribution in [0.1, 0.15) is 29.7 Å². The highest BCUT2D eigenvalue weighted by molar-refractivity contribution is 6.04. The number of urea groups is 1. The molecule has 1 aromatic rings. The molecule has 0 unspecified atom stereocenters. The Morgan fingerprint density at radius 2 is 2.10 bits per heavy atom. The Hall–Kier alpha value is -2.37. The van der Waals surface area contributed by atoms with Gasteiger partial charge in [0.15, 0.2) is 0 Å². The van der Waals surface area contributed by atoms with Crippen LogP contribution in [0.25, 0.3) is 0 Å². The Morgan fingerprint density at radius 3 is 2.71 bits per heavy atom. The van der Waals surface area contributed by atoms with Gasteiger partial charge in [-0.1, -0.05) is 23.8 Å². The fourth-order valence-electron chi connectivity index (χ4n) is 2.35. The van der Waals surface area contributed by atoms with E-state index in [0.717, 1.165) is 21.6 Å². The average molecular weight is 289 g/mol. The molecule has 1 aliphatic rings. The Bertz CT molecular complexity index is 582. The van der Waals surface area contributed by atoms with E-state index in [1.54, 1.807) is 0 Å². The zero-order valence-corrected chi connectivity index (χ0v) is 12.4. The number of carbonyl (C=O) groups is 3. The summed E-state index contributed by atoms with van der Waals surface area (Å²) in [6.45, 7) is 5.56. The molecule has 0 bridgehead atoms.